The van der Waals surface area contributed by atoms with E-state index < -0.39 is 0 Å². The molecular weight excluding hydrogens is 209 g/mol. The molecule has 1 aromatic carbocycles. The highest BCUT2D eigenvalue weighted by Crippen LogP contribution is 2.12. The fraction of sp³-hybridized carbons (Fsp3) is 0.250. The van der Waals surface area contributed by atoms with Crippen molar-refractivity contribution in [1.82, 2.24) is 0 Å². The highest BCUT2D eigenvalue weighted by molar-refractivity contribution is 8.93. The van der Waals surface area contributed by atoms with Crippen molar-refractivity contribution in [2.45, 2.75) is 13.0 Å². The third-order valence-electron chi connectivity index (χ3n) is 1.40. The van der Waals surface area contributed by atoms with E-state index in [1.165, 1.54) is 6.07 Å². The molecule has 1 unspecified atom stereocenters. The molecule has 0 radical (unpaired) electrons. The van der Waals surface area contributed by atoms with Gasteiger partial charge < -0.3 is 5.73 Å². The molecule has 2 N–H and O–H groups in total. The Morgan fingerprint density at radius 1 is 1.36 bits per heavy atom. The van der Waals surface area contributed by atoms with Gasteiger partial charge in [-0.2, -0.15) is 0 Å². The number of halogens is 2. The molecule has 1 atom stereocenters. The van der Waals surface area contributed by atoms with Crippen molar-refractivity contribution in [2.24, 2.45) is 5.73 Å². The normalized spacial score (nSPS) is 11.9. The van der Waals surface area contributed by atoms with Gasteiger partial charge in [0, 0.05) is 11.6 Å². The summed E-state index contributed by atoms with van der Waals surface area (Å²) in [5.41, 5.74) is 6.05. The maximum atomic E-state index is 12.8. The molecule has 0 spiro atoms. The fourth-order valence-electron chi connectivity index (χ4n) is 0.844. The number of rotatable bonds is 1. The van der Waals surface area contributed by atoms with E-state index in [0.29, 0.717) is 5.56 Å². The first-order valence-corrected chi connectivity index (χ1v) is 3.22. The minimum Gasteiger partial charge on any atom is -0.324 e. The molecule has 11 heavy (non-hydrogen) atoms. The average molecular weight is 220 g/mol. The van der Waals surface area contributed by atoms with Crippen molar-refractivity contribution < 1.29 is 4.39 Å². The van der Waals surface area contributed by atoms with Crippen LogP contribution in [0.4, 0.5) is 4.39 Å². The summed E-state index contributed by atoms with van der Waals surface area (Å²) in [5.74, 6) is -0.225. The quantitative estimate of drug-likeness (QED) is 0.772. The second kappa shape index (κ2) is 4.46. The molecule has 3 heteroatoms. The summed E-state index contributed by atoms with van der Waals surface area (Å²) < 4.78 is 12.8. The molecule has 62 valence electrons. The van der Waals surface area contributed by atoms with Crippen LogP contribution in [0.25, 0.3) is 0 Å². The maximum Gasteiger partial charge on any atom is 0.127 e. The Kier molecular flexibility index (Phi) is 4.30. The van der Waals surface area contributed by atoms with Crippen molar-refractivity contribution >= 4 is 17.0 Å². The molecule has 0 heterocycles. The van der Waals surface area contributed by atoms with Gasteiger partial charge in [0.25, 0.3) is 0 Å². The summed E-state index contributed by atoms with van der Waals surface area (Å²) in [6.45, 7) is 1.76. The smallest absolute Gasteiger partial charge is 0.127 e. The third kappa shape index (κ3) is 2.60. The van der Waals surface area contributed by atoms with E-state index in [-0.39, 0.29) is 28.8 Å². The molecule has 0 saturated carbocycles. The van der Waals surface area contributed by atoms with Crippen LogP contribution < -0.4 is 5.73 Å². The van der Waals surface area contributed by atoms with Crippen LogP contribution >= 0.6 is 17.0 Å². The topological polar surface area (TPSA) is 26.0 Å². The molecule has 0 amide bonds. The predicted octanol–water partition coefficient (Wildman–Crippen LogP) is 2.42. The van der Waals surface area contributed by atoms with Gasteiger partial charge in [0.2, 0.25) is 0 Å². The first kappa shape index (κ1) is 10.6. The summed E-state index contributed by atoms with van der Waals surface area (Å²) >= 11 is 0. The number of hydrogen-bond donors (Lipinski definition) is 1. The molecule has 1 nitrogen and oxygen atoms in total. The molecule has 0 aliphatic heterocycles. The van der Waals surface area contributed by atoms with Crippen molar-refractivity contribution in [3.05, 3.63) is 35.6 Å². The minimum atomic E-state index is -0.225. The highest BCUT2D eigenvalue weighted by atomic mass is 79.9. The average Bonchev–Trinajstić information content (AvgIpc) is 1.88. The molecule has 0 aliphatic rings. The minimum absolute atomic E-state index is 0. The van der Waals surface area contributed by atoms with E-state index in [0.717, 1.165) is 0 Å². The van der Waals surface area contributed by atoms with Crippen LogP contribution in [0.15, 0.2) is 24.3 Å². The van der Waals surface area contributed by atoms with Gasteiger partial charge in [-0.3, -0.25) is 0 Å². The first-order chi connectivity index (χ1) is 4.72. The Balaban J connectivity index is 0.000001000. The number of benzene rings is 1. The zero-order valence-corrected chi connectivity index (χ0v) is 7.96. The molecule has 1 aromatic rings. The van der Waals surface area contributed by atoms with Gasteiger partial charge in [-0.15, -0.1) is 17.0 Å². The predicted molar refractivity (Wildman–Crippen MR) is 49.3 cm³/mol. The van der Waals surface area contributed by atoms with Gasteiger partial charge >= 0.3 is 0 Å². The van der Waals surface area contributed by atoms with E-state index in [1.54, 1.807) is 25.1 Å². The molecule has 0 saturated heterocycles. The van der Waals surface area contributed by atoms with Gasteiger partial charge in [-0.25, -0.2) is 4.39 Å². The van der Waals surface area contributed by atoms with Crippen LogP contribution in [0.1, 0.15) is 18.5 Å². The standard InChI is InChI=1S/C8H10FN.BrH/c1-6(10)7-4-2-3-5-8(7)9;/h2-6H,10H2,1H3;1H. The van der Waals surface area contributed by atoms with Gasteiger partial charge in [-0.05, 0) is 13.0 Å². The summed E-state index contributed by atoms with van der Waals surface area (Å²) in [4.78, 5) is 0. The van der Waals surface area contributed by atoms with Crippen molar-refractivity contribution in [3.63, 3.8) is 0 Å². The largest absolute Gasteiger partial charge is 0.324 e. The second-order valence-corrected chi connectivity index (χ2v) is 2.31. The Hall–Kier alpha value is -0.410. The molecule has 0 fully saturated rings. The first-order valence-electron chi connectivity index (χ1n) is 3.22. The summed E-state index contributed by atoms with van der Waals surface area (Å²) in [7, 11) is 0. The third-order valence-corrected chi connectivity index (χ3v) is 1.40. The Morgan fingerprint density at radius 3 is 2.27 bits per heavy atom. The lowest BCUT2D eigenvalue weighted by Gasteiger charge is -2.04. The summed E-state index contributed by atoms with van der Waals surface area (Å²) in [6.07, 6.45) is 0. The summed E-state index contributed by atoms with van der Waals surface area (Å²) in [5, 5.41) is 0. The molecule has 0 aliphatic carbocycles. The Labute approximate surface area is 76.2 Å². The molecule has 0 bridgehead atoms. The van der Waals surface area contributed by atoms with Crippen molar-refractivity contribution in [1.29, 1.82) is 0 Å². The van der Waals surface area contributed by atoms with Gasteiger partial charge in [0.15, 0.2) is 0 Å². The molecule has 1 rings (SSSR count). The Morgan fingerprint density at radius 2 is 1.91 bits per heavy atom. The van der Waals surface area contributed by atoms with Crippen LogP contribution in [-0.4, -0.2) is 0 Å². The number of nitrogens with two attached hydrogens (primary N) is 1. The second-order valence-electron chi connectivity index (χ2n) is 2.31. The van der Waals surface area contributed by atoms with E-state index >= 15 is 0 Å². The van der Waals surface area contributed by atoms with Gasteiger partial charge in [0.05, 0.1) is 0 Å². The lowest BCUT2D eigenvalue weighted by atomic mass is 10.1. The maximum absolute atomic E-state index is 12.8. The van der Waals surface area contributed by atoms with Crippen LogP contribution in [0.5, 0.6) is 0 Å². The lowest BCUT2D eigenvalue weighted by molar-refractivity contribution is 0.594. The van der Waals surface area contributed by atoms with Crippen molar-refractivity contribution in [2.75, 3.05) is 0 Å². The Bertz CT molecular complexity index is 225. The number of hydrogen-bond acceptors (Lipinski definition) is 1. The van der Waals surface area contributed by atoms with E-state index in [2.05, 4.69) is 0 Å². The molecule has 0 aromatic heterocycles. The van der Waals surface area contributed by atoms with Gasteiger partial charge in [0.1, 0.15) is 5.82 Å². The SMILES string of the molecule is Br.CC(N)c1ccccc1F. The van der Waals surface area contributed by atoms with Crippen molar-refractivity contribution in [3.8, 4) is 0 Å². The van der Waals surface area contributed by atoms with Crippen LogP contribution in [-0.2, 0) is 0 Å². The lowest BCUT2D eigenvalue weighted by Crippen LogP contribution is -2.06. The van der Waals surface area contributed by atoms with Crippen LogP contribution in [0.3, 0.4) is 0 Å². The highest BCUT2D eigenvalue weighted by Gasteiger charge is 2.03. The van der Waals surface area contributed by atoms with Crippen LogP contribution in [0, 0.1) is 5.82 Å². The monoisotopic (exact) mass is 219 g/mol. The summed E-state index contributed by atoms with van der Waals surface area (Å²) in [6, 6.07) is 6.32. The fourth-order valence-corrected chi connectivity index (χ4v) is 0.844. The zero-order valence-electron chi connectivity index (χ0n) is 6.25. The van der Waals surface area contributed by atoms with E-state index in [4.69, 9.17) is 5.73 Å². The zero-order chi connectivity index (χ0) is 7.56. The van der Waals surface area contributed by atoms with Gasteiger partial charge in [-0.1, -0.05) is 18.2 Å². The van der Waals surface area contributed by atoms with Crippen LogP contribution in [0.2, 0.25) is 0 Å². The van der Waals surface area contributed by atoms with E-state index in [1.807, 2.05) is 0 Å². The van der Waals surface area contributed by atoms with E-state index in [9.17, 15) is 4.39 Å². The molecular formula is C8H11BrFN.